The number of carboxylic acids is 1. The highest BCUT2D eigenvalue weighted by Gasteiger charge is 2.13. The van der Waals surface area contributed by atoms with Crippen molar-refractivity contribution in [3.63, 3.8) is 0 Å². The van der Waals surface area contributed by atoms with E-state index in [4.69, 9.17) is 42.5 Å². The van der Waals surface area contributed by atoms with Crippen LogP contribution in [0.2, 0.25) is 10.0 Å². The van der Waals surface area contributed by atoms with E-state index < -0.39 is 5.97 Å². The first-order valence-electron chi connectivity index (χ1n) is 13.1. The summed E-state index contributed by atoms with van der Waals surface area (Å²) < 4.78 is 19.8. The number of hydrogen-bond donors (Lipinski definition) is 1. The highest BCUT2D eigenvalue weighted by atomic mass is 35.5. The molecule has 40 heavy (non-hydrogen) atoms. The van der Waals surface area contributed by atoms with E-state index in [1.54, 1.807) is 22.9 Å². The lowest BCUT2D eigenvalue weighted by atomic mass is 10.1. The number of benzene rings is 3. The standard InChI is InChI=1S/C31H32Cl2N2O5/c1-21(2)40-27-14-11-22(29(19-27)39-20-23-10-12-24(32)17-28(23)33)7-6-16-38-30-18-26(13-15-31(36)37)35(34-30)25-8-4-3-5-9-25/h3-5,8-12,14,17-19,21H,6-7,13,15-16,20H2,1-2H3,(H,36,37). The Balaban J connectivity index is 1.42. The summed E-state index contributed by atoms with van der Waals surface area (Å²) in [5.41, 5.74) is 3.48. The SMILES string of the molecule is CC(C)Oc1ccc(CCCOc2cc(CCC(=O)O)n(-c3ccccc3)n2)c(OCc2ccc(Cl)cc2Cl)c1. The quantitative estimate of drug-likeness (QED) is 0.154. The second kappa shape index (κ2) is 14.1. The first-order valence-corrected chi connectivity index (χ1v) is 13.9. The summed E-state index contributed by atoms with van der Waals surface area (Å²) >= 11 is 12.4. The molecule has 4 aromatic rings. The molecule has 7 nitrogen and oxygen atoms in total. The summed E-state index contributed by atoms with van der Waals surface area (Å²) in [6.45, 7) is 4.68. The number of aryl methyl sites for hydroxylation is 2. The fourth-order valence-corrected chi connectivity index (χ4v) is 4.59. The molecule has 4 rings (SSSR count). The second-order valence-electron chi connectivity index (χ2n) is 9.53. The number of para-hydroxylation sites is 1. The van der Waals surface area contributed by atoms with E-state index in [1.807, 2.05) is 68.4 Å². The van der Waals surface area contributed by atoms with Gasteiger partial charge in [-0.25, -0.2) is 4.68 Å². The van der Waals surface area contributed by atoms with Gasteiger partial charge in [-0.1, -0.05) is 53.5 Å². The van der Waals surface area contributed by atoms with Gasteiger partial charge in [0.2, 0.25) is 5.88 Å². The van der Waals surface area contributed by atoms with Crippen LogP contribution in [0.15, 0.2) is 72.8 Å². The Bertz CT molecular complexity index is 1420. The minimum Gasteiger partial charge on any atom is -0.491 e. The number of hydrogen-bond acceptors (Lipinski definition) is 5. The molecule has 0 atom stereocenters. The van der Waals surface area contributed by atoms with Gasteiger partial charge in [0.05, 0.1) is 24.8 Å². The van der Waals surface area contributed by atoms with Crippen molar-refractivity contribution >= 4 is 29.2 Å². The van der Waals surface area contributed by atoms with Crippen molar-refractivity contribution < 1.29 is 24.1 Å². The summed E-state index contributed by atoms with van der Waals surface area (Å²) in [7, 11) is 0. The van der Waals surface area contributed by atoms with Gasteiger partial charge in [0.25, 0.3) is 0 Å². The molecule has 1 N–H and O–H groups in total. The Morgan fingerprint density at radius 2 is 1.73 bits per heavy atom. The molecule has 0 saturated heterocycles. The van der Waals surface area contributed by atoms with Crippen LogP contribution < -0.4 is 14.2 Å². The van der Waals surface area contributed by atoms with Gasteiger partial charge >= 0.3 is 5.97 Å². The van der Waals surface area contributed by atoms with Gasteiger partial charge < -0.3 is 19.3 Å². The number of ether oxygens (including phenoxy) is 3. The summed E-state index contributed by atoms with van der Waals surface area (Å²) in [5.74, 6) is 1.05. The average molecular weight is 584 g/mol. The monoisotopic (exact) mass is 582 g/mol. The van der Waals surface area contributed by atoms with E-state index in [0.29, 0.717) is 54.2 Å². The lowest BCUT2D eigenvalue weighted by Gasteiger charge is -2.16. The molecule has 1 aromatic heterocycles. The van der Waals surface area contributed by atoms with Crippen LogP contribution in [0.25, 0.3) is 5.69 Å². The minimum absolute atomic E-state index is 0.0124. The molecule has 210 valence electrons. The molecule has 0 aliphatic rings. The lowest BCUT2D eigenvalue weighted by molar-refractivity contribution is -0.136. The van der Waals surface area contributed by atoms with Crippen molar-refractivity contribution in [2.45, 2.75) is 52.2 Å². The second-order valence-corrected chi connectivity index (χ2v) is 10.4. The zero-order chi connectivity index (χ0) is 28.5. The minimum atomic E-state index is -0.857. The van der Waals surface area contributed by atoms with Gasteiger partial charge in [0.15, 0.2) is 0 Å². The molecule has 0 fully saturated rings. The highest BCUT2D eigenvalue weighted by molar-refractivity contribution is 6.35. The molecule has 1 heterocycles. The van der Waals surface area contributed by atoms with Gasteiger partial charge in [0, 0.05) is 39.9 Å². The largest absolute Gasteiger partial charge is 0.491 e. The van der Waals surface area contributed by atoms with Crippen molar-refractivity contribution in [3.05, 3.63) is 99.7 Å². The summed E-state index contributed by atoms with van der Waals surface area (Å²) in [6, 6.07) is 22.6. The Morgan fingerprint density at radius 3 is 2.45 bits per heavy atom. The van der Waals surface area contributed by atoms with Crippen LogP contribution >= 0.6 is 23.2 Å². The van der Waals surface area contributed by atoms with Crippen LogP contribution in [0, 0.1) is 0 Å². The van der Waals surface area contributed by atoms with Crippen molar-refractivity contribution in [3.8, 4) is 23.1 Å². The topological polar surface area (TPSA) is 82.8 Å². The third-order valence-corrected chi connectivity index (χ3v) is 6.59. The first-order chi connectivity index (χ1) is 19.3. The number of carbonyl (C=O) groups is 1. The molecule has 0 saturated carbocycles. The molecule has 3 aromatic carbocycles. The van der Waals surface area contributed by atoms with E-state index in [2.05, 4.69) is 5.10 Å². The molecule has 0 unspecified atom stereocenters. The van der Waals surface area contributed by atoms with E-state index in [-0.39, 0.29) is 12.5 Å². The highest BCUT2D eigenvalue weighted by Crippen LogP contribution is 2.29. The predicted molar refractivity (Wildman–Crippen MR) is 156 cm³/mol. The zero-order valence-corrected chi connectivity index (χ0v) is 24.0. The Morgan fingerprint density at radius 1 is 0.950 bits per heavy atom. The van der Waals surface area contributed by atoms with E-state index in [9.17, 15) is 4.79 Å². The molecule has 0 radical (unpaired) electrons. The van der Waals surface area contributed by atoms with Gasteiger partial charge in [-0.05, 0) is 62.6 Å². The number of rotatable bonds is 14. The van der Waals surface area contributed by atoms with E-state index in [1.165, 1.54) is 0 Å². The molecule has 0 spiro atoms. The van der Waals surface area contributed by atoms with Crippen LogP contribution in [-0.2, 0) is 24.2 Å². The summed E-state index contributed by atoms with van der Waals surface area (Å²) in [6.07, 6.45) is 1.82. The molecule has 0 aliphatic heterocycles. The van der Waals surface area contributed by atoms with Gasteiger partial charge in [0.1, 0.15) is 18.1 Å². The van der Waals surface area contributed by atoms with Crippen molar-refractivity contribution in [2.75, 3.05) is 6.61 Å². The number of nitrogens with zero attached hydrogens (tertiary/aromatic N) is 2. The van der Waals surface area contributed by atoms with Crippen molar-refractivity contribution in [1.29, 1.82) is 0 Å². The molecule has 0 aliphatic carbocycles. The fraction of sp³-hybridized carbons (Fsp3) is 0.290. The first kappa shape index (κ1) is 29.3. The van der Waals surface area contributed by atoms with Crippen LogP contribution in [0.1, 0.15) is 43.5 Å². The number of carboxylic acid groups (broad SMARTS) is 1. The molecular formula is C31H32Cl2N2O5. The van der Waals surface area contributed by atoms with Crippen molar-refractivity contribution in [1.82, 2.24) is 9.78 Å². The lowest BCUT2D eigenvalue weighted by Crippen LogP contribution is -2.07. The van der Waals surface area contributed by atoms with Crippen LogP contribution in [0.3, 0.4) is 0 Å². The van der Waals surface area contributed by atoms with Gasteiger partial charge in [-0.3, -0.25) is 4.79 Å². The third-order valence-electron chi connectivity index (χ3n) is 6.01. The average Bonchev–Trinajstić information content (AvgIpc) is 3.33. The van der Waals surface area contributed by atoms with Crippen molar-refractivity contribution in [2.24, 2.45) is 0 Å². The number of halogens is 2. The third kappa shape index (κ3) is 8.41. The van der Waals surface area contributed by atoms with Gasteiger partial charge in [-0.2, -0.15) is 0 Å². The normalized spacial score (nSPS) is 11.0. The van der Waals surface area contributed by atoms with E-state index >= 15 is 0 Å². The molecule has 0 bridgehead atoms. The maximum absolute atomic E-state index is 11.1. The van der Waals surface area contributed by atoms with E-state index in [0.717, 1.165) is 28.3 Å². The Labute approximate surface area is 244 Å². The number of aliphatic carboxylic acids is 1. The summed E-state index contributed by atoms with van der Waals surface area (Å²) in [4.78, 5) is 11.1. The number of aromatic nitrogens is 2. The fourth-order valence-electron chi connectivity index (χ4n) is 4.13. The Hall–Kier alpha value is -3.68. The molecule has 0 amide bonds. The van der Waals surface area contributed by atoms with Crippen LogP contribution in [0.4, 0.5) is 0 Å². The van der Waals surface area contributed by atoms with Gasteiger partial charge in [-0.15, -0.1) is 5.10 Å². The zero-order valence-electron chi connectivity index (χ0n) is 22.5. The summed E-state index contributed by atoms with van der Waals surface area (Å²) in [5, 5.41) is 14.8. The molecule has 9 heteroatoms. The maximum Gasteiger partial charge on any atom is 0.303 e. The Kier molecular flexibility index (Phi) is 10.3. The van der Waals surface area contributed by atoms with Crippen LogP contribution in [0.5, 0.6) is 17.4 Å². The predicted octanol–water partition coefficient (Wildman–Crippen LogP) is 7.57. The molecular weight excluding hydrogens is 551 g/mol. The maximum atomic E-state index is 11.1. The smallest absolute Gasteiger partial charge is 0.303 e. The van der Waals surface area contributed by atoms with Crippen LogP contribution in [-0.4, -0.2) is 33.6 Å².